The maximum Gasteiger partial charge on any atom is 0.325 e. The molecule has 2 aromatic rings. The van der Waals surface area contributed by atoms with Gasteiger partial charge in [0.1, 0.15) is 5.54 Å². The molecule has 136 valence electrons. The fraction of sp³-hybridized carbons (Fsp3) is 0.353. The molecule has 3 rings (SSSR count). The first kappa shape index (κ1) is 17.6. The van der Waals surface area contributed by atoms with Crippen molar-refractivity contribution in [2.75, 3.05) is 11.1 Å². The minimum Gasteiger partial charge on any atom is -0.368 e. The molecule has 1 aliphatic rings. The van der Waals surface area contributed by atoms with Gasteiger partial charge in [0, 0.05) is 5.69 Å². The van der Waals surface area contributed by atoms with Crippen molar-refractivity contribution in [3.05, 3.63) is 35.7 Å². The molecule has 26 heavy (non-hydrogen) atoms. The zero-order valence-electron chi connectivity index (χ0n) is 14.9. The molecule has 9 nitrogen and oxygen atoms in total. The Balaban J connectivity index is 1.81. The summed E-state index contributed by atoms with van der Waals surface area (Å²) >= 11 is 0. The Morgan fingerprint density at radius 3 is 2.50 bits per heavy atom. The summed E-state index contributed by atoms with van der Waals surface area (Å²) in [5.41, 5.74) is 6.77. The number of nitrogens with two attached hydrogens (primary N) is 1. The van der Waals surface area contributed by atoms with Crippen LogP contribution in [0.2, 0.25) is 0 Å². The molecule has 0 radical (unpaired) electrons. The van der Waals surface area contributed by atoms with Gasteiger partial charge in [0.2, 0.25) is 11.9 Å². The van der Waals surface area contributed by atoms with Gasteiger partial charge in [0.25, 0.3) is 5.91 Å². The third-order valence-electron chi connectivity index (χ3n) is 4.36. The summed E-state index contributed by atoms with van der Waals surface area (Å²) in [4.78, 5) is 38.1. The van der Waals surface area contributed by atoms with E-state index in [9.17, 15) is 9.59 Å². The van der Waals surface area contributed by atoms with Crippen molar-refractivity contribution in [3.63, 3.8) is 0 Å². The molecule has 0 aliphatic carbocycles. The van der Waals surface area contributed by atoms with Crippen molar-refractivity contribution in [2.24, 2.45) is 0 Å². The van der Waals surface area contributed by atoms with Crippen molar-refractivity contribution in [1.82, 2.24) is 25.2 Å². The number of carbonyl (C=O) groups is 2. The highest BCUT2D eigenvalue weighted by atomic mass is 16.2. The normalized spacial score (nSPS) is 19.6. The summed E-state index contributed by atoms with van der Waals surface area (Å²) in [5.74, 6) is 0.185. The topological polar surface area (TPSA) is 126 Å². The summed E-state index contributed by atoms with van der Waals surface area (Å²) in [6.07, 6.45) is 0.494. The Morgan fingerprint density at radius 1 is 1.19 bits per heavy atom. The first-order chi connectivity index (χ1) is 12.3. The highest BCUT2D eigenvalue weighted by Crippen LogP contribution is 2.22. The molecular weight excluding hydrogens is 334 g/mol. The van der Waals surface area contributed by atoms with Crippen molar-refractivity contribution >= 4 is 29.5 Å². The van der Waals surface area contributed by atoms with Gasteiger partial charge >= 0.3 is 6.03 Å². The summed E-state index contributed by atoms with van der Waals surface area (Å²) in [5, 5.41) is 5.73. The second-order valence-electron chi connectivity index (χ2n) is 6.43. The van der Waals surface area contributed by atoms with Crippen molar-refractivity contribution in [1.29, 1.82) is 0 Å². The van der Waals surface area contributed by atoms with E-state index in [0.717, 1.165) is 16.2 Å². The lowest BCUT2D eigenvalue weighted by Crippen LogP contribution is -2.43. The van der Waals surface area contributed by atoms with Gasteiger partial charge in [-0.3, -0.25) is 9.69 Å². The third-order valence-corrected chi connectivity index (χ3v) is 4.36. The van der Waals surface area contributed by atoms with Gasteiger partial charge in [0.15, 0.2) is 5.82 Å². The number of carbonyl (C=O) groups excluding carboxylic acids is 2. The Labute approximate surface area is 151 Å². The number of hydrogen-bond donors (Lipinski definition) is 3. The van der Waals surface area contributed by atoms with E-state index in [0.29, 0.717) is 6.42 Å². The second-order valence-corrected chi connectivity index (χ2v) is 6.43. The average Bonchev–Trinajstić information content (AvgIpc) is 2.80. The molecule has 1 aromatic heterocycles. The van der Waals surface area contributed by atoms with Crippen LogP contribution in [0.1, 0.15) is 31.7 Å². The highest BCUT2D eigenvalue weighted by Gasteiger charge is 2.46. The van der Waals surface area contributed by atoms with Crippen LogP contribution in [0.25, 0.3) is 0 Å². The number of benzene rings is 1. The average molecular weight is 355 g/mol. The number of hydrogen-bond acceptors (Lipinski definition) is 7. The van der Waals surface area contributed by atoms with Crippen LogP contribution in [0.4, 0.5) is 22.4 Å². The molecule has 0 bridgehead atoms. The Bertz CT molecular complexity index is 853. The van der Waals surface area contributed by atoms with Gasteiger partial charge < -0.3 is 16.4 Å². The number of anilines is 3. The second kappa shape index (κ2) is 6.58. The van der Waals surface area contributed by atoms with Gasteiger partial charge in [0.05, 0.1) is 6.54 Å². The van der Waals surface area contributed by atoms with Gasteiger partial charge in [-0.1, -0.05) is 24.6 Å². The van der Waals surface area contributed by atoms with E-state index in [4.69, 9.17) is 5.73 Å². The van der Waals surface area contributed by atoms with E-state index in [1.165, 1.54) is 0 Å². The van der Waals surface area contributed by atoms with Crippen molar-refractivity contribution in [2.45, 2.75) is 39.3 Å². The van der Waals surface area contributed by atoms with Crippen molar-refractivity contribution in [3.8, 4) is 0 Å². The molecule has 1 fully saturated rings. The number of nitrogens with zero attached hydrogens (tertiary/aromatic N) is 4. The minimum absolute atomic E-state index is 0.00918. The van der Waals surface area contributed by atoms with Crippen LogP contribution in [0.5, 0.6) is 0 Å². The van der Waals surface area contributed by atoms with Gasteiger partial charge in [-0.2, -0.15) is 15.0 Å². The fourth-order valence-corrected chi connectivity index (χ4v) is 2.60. The van der Waals surface area contributed by atoms with Crippen LogP contribution >= 0.6 is 0 Å². The molecule has 1 aromatic carbocycles. The number of amides is 3. The SMILES string of the molecule is CC[C@]1(C)NC(=O)N(Cc2nc(N)nc(Nc3ccc(C)cc3)n2)C1=O. The van der Waals surface area contributed by atoms with Crippen LogP contribution < -0.4 is 16.4 Å². The number of imide groups is 1. The largest absolute Gasteiger partial charge is 0.368 e. The van der Waals surface area contributed by atoms with E-state index in [1.54, 1.807) is 6.92 Å². The summed E-state index contributed by atoms with van der Waals surface area (Å²) in [6, 6.07) is 7.21. The molecule has 0 spiro atoms. The summed E-state index contributed by atoms with van der Waals surface area (Å²) in [7, 11) is 0. The monoisotopic (exact) mass is 355 g/mol. The molecule has 1 atom stereocenters. The predicted octanol–water partition coefficient (Wildman–Crippen LogP) is 1.73. The van der Waals surface area contributed by atoms with E-state index in [2.05, 4.69) is 25.6 Å². The Hall–Kier alpha value is -3.23. The van der Waals surface area contributed by atoms with E-state index in [1.807, 2.05) is 38.1 Å². The third kappa shape index (κ3) is 3.41. The molecule has 0 saturated carbocycles. The van der Waals surface area contributed by atoms with Gasteiger partial charge in [-0.15, -0.1) is 0 Å². The Kier molecular flexibility index (Phi) is 4.45. The smallest absolute Gasteiger partial charge is 0.325 e. The van der Waals surface area contributed by atoms with Crippen LogP contribution in [0, 0.1) is 6.92 Å². The zero-order chi connectivity index (χ0) is 18.9. The predicted molar refractivity (Wildman–Crippen MR) is 96.5 cm³/mol. The van der Waals surface area contributed by atoms with E-state index in [-0.39, 0.29) is 30.2 Å². The van der Waals surface area contributed by atoms with Crippen molar-refractivity contribution < 1.29 is 9.59 Å². The number of urea groups is 1. The van der Waals surface area contributed by atoms with Crippen LogP contribution in [-0.2, 0) is 11.3 Å². The van der Waals surface area contributed by atoms with Crippen LogP contribution in [-0.4, -0.2) is 37.3 Å². The molecule has 9 heteroatoms. The van der Waals surface area contributed by atoms with Gasteiger partial charge in [-0.25, -0.2) is 4.79 Å². The lowest BCUT2D eigenvalue weighted by molar-refractivity contribution is -0.131. The highest BCUT2D eigenvalue weighted by molar-refractivity contribution is 6.06. The van der Waals surface area contributed by atoms with Crippen LogP contribution in [0.3, 0.4) is 0 Å². The van der Waals surface area contributed by atoms with Gasteiger partial charge in [-0.05, 0) is 32.4 Å². The van der Waals surface area contributed by atoms with Crippen LogP contribution in [0.15, 0.2) is 24.3 Å². The molecule has 1 aliphatic heterocycles. The number of aryl methyl sites for hydroxylation is 1. The van der Waals surface area contributed by atoms with E-state index >= 15 is 0 Å². The minimum atomic E-state index is -0.904. The van der Waals surface area contributed by atoms with E-state index < -0.39 is 11.6 Å². The number of nitrogens with one attached hydrogen (secondary N) is 2. The molecular formula is C17H21N7O2. The zero-order valence-corrected chi connectivity index (χ0v) is 14.9. The lowest BCUT2D eigenvalue weighted by Gasteiger charge is -2.19. The number of nitrogen functional groups attached to an aromatic ring is 1. The maximum atomic E-state index is 12.5. The quantitative estimate of drug-likeness (QED) is 0.697. The standard InChI is InChI=1S/C17H21N7O2/c1-4-17(3)13(25)24(16(26)23-17)9-12-20-14(18)22-15(21-12)19-11-7-5-10(2)6-8-11/h5-8H,4,9H2,1-3H3,(H,23,26)(H3,18,19,20,21,22)/t17-/m0/s1. The Morgan fingerprint density at radius 2 is 1.88 bits per heavy atom. The lowest BCUT2D eigenvalue weighted by atomic mass is 9.99. The molecule has 4 N–H and O–H groups in total. The molecule has 2 heterocycles. The first-order valence-corrected chi connectivity index (χ1v) is 8.29. The first-order valence-electron chi connectivity index (χ1n) is 8.29. The molecule has 0 unspecified atom stereocenters. The molecule has 3 amide bonds. The fourth-order valence-electron chi connectivity index (χ4n) is 2.60. The summed E-state index contributed by atoms with van der Waals surface area (Å²) < 4.78 is 0. The summed E-state index contributed by atoms with van der Waals surface area (Å²) in [6.45, 7) is 5.45. The number of rotatable bonds is 5. The molecule has 1 saturated heterocycles. The number of aromatic nitrogens is 3. The maximum absolute atomic E-state index is 12.5.